The third-order valence-electron chi connectivity index (χ3n) is 2.97. The van der Waals surface area contributed by atoms with Gasteiger partial charge in [0.1, 0.15) is 11.4 Å². The third kappa shape index (κ3) is 2.69. The van der Waals surface area contributed by atoms with Crippen molar-refractivity contribution in [2.45, 2.75) is 12.8 Å². The Bertz CT molecular complexity index is 700. The van der Waals surface area contributed by atoms with Crippen LogP contribution in [0.25, 0.3) is 11.5 Å². The Morgan fingerprint density at radius 2 is 2.00 bits per heavy atom. The SMILES string of the molecule is Cn1cnc(-c2noc(CCc3ccc(O)cc3)n2)c1. The summed E-state index contributed by atoms with van der Waals surface area (Å²) >= 11 is 0. The highest BCUT2D eigenvalue weighted by Gasteiger charge is 2.10. The standard InChI is InChI=1S/C14H14N4O2/c1-18-8-12(15-9-18)14-16-13(20-17-14)7-4-10-2-5-11(19)6-3-10/h2-3,5-6,8-9,19H,4,7H2,1H3. The molecule has 6 nitrogen and oxygen atoms in total. The molecule has 0 saturated carbocycles. The van der Waals surface area contributed by atoms with Crippen molar-refractivity contribution in [2.75, 3.05) is 0 Å². The highest BCUT2D eigenvalue weighted by molar-refractivity contribution is 5.46. The van der Waals surface area contributed by atoms with E-state index in [0.717, 1.165) is 12.0 Å². The summed E-state index contributed by atoms with van der Waals surface area (Å²) in [6.07, 6.45) is 4.98. The van der Waals surface area contributed by atoms with E-state index in [0.29, 0.717) is 23.8 Å². The second kappa shape index (κ2) is 5.16. The van der Waals surface area contributed by atoms with Gasteiger partial charge < -0.3 is 14.2 Å². The summed E-state index contributed by atoms with van der Waals surface area (Å²) in [7, 11) is 1.89. The molecule has 1 N–H and O–H groups in total. The number of hydrogen-bond donors (Lipinski definition) is 1. The fourth-order valence-electron chi connectivity index (χ4n) is 1.90. The zero-order valence-corrected chi connectivity index (χ0v) is 11.0. The number of rotatable bonds is 4. The highest BCUT2D eigenvalue weighted by atomic mass is 16.5. The maximum Gasteiger partial charge on any atom is 0.227 e. The molecule has 0 aliphatic heterocycles. The molecular formula is C14H14N4O2. The molecule has 0 amide bonds. The summed E-state index contributed by atoms with van der Waals surface area (Å²) in [5.74, 6) is 1.36. The zero-order chi connectivity index (χ0) is 13.9. The van der Waals surface area contributed by atoms with Gasteiger partial charge in [0, 0.05) is 19.7 Å². The van der Waals surface area contributed by atoms with Crippen LogP contribution in [0.15, 0.2) is 41.3 Å². The molecule has 0 spiro atoms. The predicted octanol–water partition coefficient (Wildman–Crippen LogP) is 1.96. The maximum absolute atomic E-state index is 9.22. The minimum absolute atomic E-state index is 0.268. The molecule has 1 aromatic carbocycles. The molecule has 0 saturated heterocycles. The number of phenolic OH excluding ortho intramolecular Hbond substituents is 1. The summed E-state index contributed by atoms with van der Waals surface area (Å²) in [6, 6.07) is 7.10. The second-order valence-electron chi connectivity index (χ2n) is 4.60. The normalized spacial score (nSPS) is 10.8. The molecule has 3 aromatic rings. The minimum atomic E-state index is 0.268. The van der Waals surface area contributed by atoms with E-state index in [4.69, 9.17) is 4.52 Å². The van der Waals surface area contributed by atoms with Crippen molar-refractivity contribution < 1.29 is 9.63 Å². The number of imidazole rings is 1. The van der Waals surface area contributed by atoms with Crippen molar-refractivity contribution in [1.82, 2.24) is 19.7 Å². The summed E-state index contributed by atoms with van der Waals surface area (Å²) in [4.78, 5) is 8.50. The number of aromatic hydroxyl groups is 1. The van der Waals surface area contributed by atoms with Gasteiger partial charge in [-0.15, -0.1) is 0 Å². The number of aromatic nitrogens is 4. The monoisotopic (exact) mass is 270 g/mol. The van der Waals surface area contributed by atoms with E-state index in [-0.39, 0.29) is 5.75 Å². The average Bonchev–Trinajstić information content (AvgIpc) is 3.07. The minimum Gasteiger partial charge on any atom is -0.508 e. The fourth-order valence-corrected chi connectivity index (χ4v) is 1.90. The van der Waals surface area contributed by atoms with Crippen molar-refractivity contribution >= 4 is 0 Å². The van der Waals surface area contributed by atoms with E-state index in [1.807, 2.05) is 29.9 Å². The van der Waals surface area contributed by atoms with Gasteiger partial charge in [-0.2, -0.15) is 4.98 Å². The molecule has 0 aliphatic carbocycles. The van der Waals surface area contributed by atoms with Crippen LogP contribution in [0, 0.1) is 0 Å². The van der Waals surface area contributed by atoms with Crippen molar-refractivity contribution in [2.24, 2.45) is 7.05 Å². The van der Waals surface area contributed by atoms with Gasteiger partial charge in [0.25, 0.3) is 0 Å². The quantitative estimate of drug-likeness (QED) is 0.784. The van der Waals surface area contributed by atoms with Crippen LogP contribution in [0.1, 0.15) is 11.5 Å². The second-order valence-corrected chi connectivity index (χ2v) is 4.60. The zero-order valence-electron chi connectivity index (χ0n) is 11.0. The molecule has 0 radical (unpaired) electrons. The Labute approximate surface area is 115 Å². The Balaban J connectivity index is 1.67. The first kappa shape index (κ1) is 12.4. The third-order valence-corrected chi connectivity index (χ3v) is 2.97. The van der Waals surface area contributed by atoms with Gasteiger partial charge in [0.2, 0.25) is 11.7 Å². The Morgan fingerprint density at radius 1 is 1.20 bits per heavy atom. The van der Waals surface area contributed by atoms with Crippen LogP contribution in [0.4, 0.5) is 0 Å². The van der Waals surface area contributed by atoms with Crippen LogP contribution in [0.5, 0.6) is 5.75 Å². The van der Waals surface area contributed by atoms with Crippen molar-refractivity contribution in [3.63, 3.8) is 0 Å². The Morgan fingerprint density at radius 3 is 2.70 bits per heavy atom. The van der Waals surface area contributed by atoms with E-state index < -0.39 is 0 Å². The molecule has 0 aliphatic rings. The fraction of sp³-hybridized carbons (Fsp3) is 0.214. The lowest BCUT2D eigenvalue weighted by atomic mass is 10.1. The van der Waals surface area contributed by atoms with Gasteiger partial charge in [0.05, 0.1) is 6.33 Å². The lowest BCUT2D eigenvalue weighted by Gasteiger charge is -1.98. The molecule has 3 rings (SSSR count). The number of phenols is 1. The molecule has 2 heterocycles. The van der Waals surface area contributed by atoms with E-state index in [1.165, 1.54) is 0 Å². The maximum atomic E-state index is 9.22. The lowest BCUT2D eigenvalue weighted by Crippen LogP contribution is -1.91. The van der Waals surface area contributed by atoms with Crippen LogP contribution < -0.4 is 0 Å². The van der Waals surface area contributed by atoms with E-state index in [9.17, 15) is 5.11 Å². The van der Waals surface area contributed by atoms with E-state index in [2.05, 4.69) is 15.1 Å². The topological polar surface area (TPSA) is 77.0 Å². The number of benzene rings is 1. The smallest absolute Gasteiger partial charge is 0.227 e. The molecule has 0 atom stereocenters. The molecule has 0 bridgehead atoms. The van der Waals surface area contributed by atoms with Crippen LogP contribution >= 0.6 is 0 Å². The van der Waals surface area contributed by atoms with E-state index in [1.54, 1.807) is 18.5 Å². The van der Waals surface area contributed by atoms with Gasteiger partial charge in [-0.25, -0.2) is 4.98 Å². The first-order valence-corrected chi connectivity index (χ1v) is 6.29. The largest absolute Gasteiger partial charge is 0.508 e. The number of aryl methyl sites for hydroxylation is 3. The van der Waals surface area contributed by atoms with Gasteiger partial charge >= 0.3 is 0 Å². The summed E-state index contributed by atoms with van der Waals surface area (Å²) in [5, 5.41) is 13.1. The first-order chi connectivity index (χ1) is 9.70. The molecule has 6 heteroatoms. The predicted molar refractivity (Wildman–Crippen MR) is 72.0 cm³/mol. The average molecular weight is 270 g/mol. The van der Waals surface area contributed by atoms with Gasteiger partial charge in [-0.3, -0.25) is 0 Å². The first-order valence-electron chi connectivity index (χ1n) is 6.29. The van der Waals surface area contributed by atoms with Crippen molar-refractivity contribution in [1.29, 1.82) is 0 Å². The Kier molecular flexibility index (Phi) is 3.20. The van der Waals surface area contributed by atoms with Crippen molar-refractivity contribution in [3.05, 3.63) is 48.2 Å². The Hall–Kier alpha value is -2.63. The molecule has 0 unspecified atom stereocenters. The van der Waals surface area contributed by atoms with Crippen LogP contribution in [-0.4, -0.2) is 24.8 Å². The summed E-state index contributed by atoms with van der Waals surface area (Å²) in [5.41, 5.74) is 1.81. The van der Waals surface area contributed by atoms with Crippen LogP contribution in [0.2, 0.25) is 0 Å². The van der Waals surface area contributed by atoms with Crippen LogP contribution in [0.3, 0.4) is 0 Å². The van der Waals surface area contributed by atoms with Gasteiger partial charge in [-0.05, 0) is 24.1 Å². The lowest BCUT2D eigenvalue weighted by molar-refractivity contribution is 0.379. The van der Waals surface area contributed by atoms with E-state index >= 15 is 0 Å². The molecule has 20 heavy (non-hydrogen) atoms. The van der Waals surface area contributed by atoms with Crippen LogP contribution in [-0.2, 0) is 19.9 Å². The summed E-state index contributed by atoms with van der Waals surface area (Å²) in [6.45, 7) is 0. The summed E-state index contributed by atoms with van der Waals surface area (Å²) < 4.78 is 7.05. The number of hydrogen-bond acceptors (Lipinski definition) is 5. The van der Waals surface area contributed by atoms with Gasteiger partial charge in [-0.1, -0.05) is 17.3 Å². The molecule has 0 fully saturated rings. The van der Waals surface area contributed by atoms with Gasteiger partial charge in [0.15, 0.2) is 0 Å². The number of nitrogens with zero attached hydrogens (tertiary/aromatic N) is 4. The van der Waals surface area contributed by atoms with Crippen molar-refractivity contribution in [3.8, 4) is 17.3 Å². The highest BCUT2D eigenvalue weighted by Crippen LogP contribution is 2.15. The molecular weight excluding hydrogens is 256 g/mol. The molecule has 2 aromatic heterocycles. The molecule has 102 valence electrons.